The van der Waals surface area contributed by atoms with Gasteiger partial charge in [-0.1, -0.05) is 23.4 Å². The van der Waals surface area contributed by atoms with Crippen molar-refractivity contribution in [1.82, 2.24) is 15.0 Å². The highest BCUT2D eigenvalue weighted by Gasteiger charge is 2.02. The summed E-state index contributed by atoms with van der Waals surface area (Å²) in [5.74, 6) is 0. The van der Waals surface area contributed by atoms with Gasteiger partial charge in [0.15, 0.2) is 0 Å². The standard InChI is InChI=1S/C11H10N4/c1-12-8-7-10-9-15(14-13-10)11-5-3-2-4-6-11/h2-6,9H,7-8H2. The Kier molecular flexibility index (Phi) is 2.75. The van der Waals surface area contributed by atoms with Crippen molar-refractivity contribution >= 4 is 0 Å². The molecule has 74 valence electrons. The molecule has 1 aromatic carbocycles. The predicted octanol–water partition coefficient (Wildman–Crippen LogP) is 1.73. The van der Waals surface area contributed by atoms with Crippen LogP contribution in [0.2, 0.25) is 0 Å². The highest BCUT2D eigenvalue weighted by Crippen LogP contribution is 2.05. The molecule has 0 fully saturated rings. The van der Waals surface area contributed by atoms with Crippen molar-refractivity contribution in [2.24, 2.45) is 0 Å². The van der Waals surface area contributed by atoms with Gasteiger partial charge in [0.1, 0.15) is 0 Å². The molecule has 0 bridgehead atoms. The molecular formula is C11H10N4. The fourth-order valence-electron chi connectivity index (χ4n) is 1.29. The molecule has 0 aliphatic heterocycles. The Morgan fingerprint density at radius 1 is 1.27 bits per heavy atom. The second-order valence-corrected chi connectivity index (χ2v) is 3.12. The maximum atomic E-state index is 6.69. The number of aromatic nitrogens is 3. The van der Waals surface area contributed by atoms with Gasteiger partial charge >= 0.3 is 0 Å². The number of nitrogens with zero attached hydrogens (tertiary/aromatic N) is 4. The van der Waals surface area contributed by atoms with E-state index in [9.17, 15) is 0 Å². The molecule has 0 saturated heterocycles. The molecule has 1 heterocycles. The number of hydrogen-bond donors (Lipinski definition) is 0. The summed E-state index contributed by atoms with van der Waals surface area (Å²) in [6, 6.07) is 9.80. The molecule has 0 aliphatic rings. The number of hydrogen-bond acceptors (Lipinski definition) is 2. The summed E-state index contributed by atoms with van der Waals surface area (Å²) >= 11 is 0. The van der Waals surface area contributed by atoms with Crippen molar-refractivity contribution in [2.75, 3.05) is 6.54 Å². The van der Waals surface area contributed by atoms with Crippen LogP contribution in [0.25, 0.3) is 10.5 Å². The quantitative estimate of drug-likeness (QED) is 0.704. The van der Waals surface area contributed by atoms with Crippen molar-refractivity contribution in [1.29, 1.82) is 0 Å². The molecule has 0 aliphatic carbocycles. The first-order valence-electron chi connectivity index (χ1n) is 4.70. The normalized spacial score (nSPS) is 9.80. The minimum Gasteiger partial charge on any atom is -0.317 e. The second kappa shape index (κ2) is 4.38. The van der Waals surface area contributed by atoms with Gasteiger partial charge in [-0.2, -0.15) is 0 Å². The molecule has 0 unspecified atom stereocenters. The number of benzene rings is 1. The van der Waals surface area contributed by atoms with E-state index < -0.39 is 0 Å². The van der Waals surface area contributed by atoms with Gasteiger partial charge in [-0.3, -0.25) is 0 Å². The third kappa shape index (κ3) is 2.20. The SMILES string of the molecule is [C-]#[N+]CCc1cn(-c2ccccc2)nn1. The van der Waals surface area contributed by atoms with Crippen LogP contribution in [0.1, 0.15) is 5.69 Å². The summed E-state index contributed by atoms with van der Waals surface area (Å²) in [5, 5.41) is 8.00. The van der Waals surface area contributed by atoms with E-state index >= 15 is 0 Å². The van der Waals surface area contributed by atoms with Crippen LogP contribution in [0.3, 0.4) is 0 Å². The summed E-state index contributed by atoms with van der Waals surface area (Å²) in [6.45, 7) is 7.16. The zero-order chi connectivity index (χ0) is 10.5. The van der Waals surface area contributed by atoms with Gasteiger partial charge in [-0.15, -0.1) is 5.10 Å². The first-order chi connectivity index (χ1) is 7.40. The third-order valence-corrected chi connectivity index (χ3v) is 2.04. The Morgan fingerprint density at radius 2 is 2.07 bits per heavy atom. The molecular weight excluding hydrogens is 188 g/mol. The topological polar surface area (TPSA) is 35.1 Å². The summed E-state index contributed by atoms with van der Waals surface area (Å²) in [5.41, 5.74) is 1.84. The summed E-state index contributed by atoms with van der Waals surface area (Å²) in [7, 11) is 0. The average Bonchev–Trinajstić information content (AvgIpc) is 2.76. The Bertz CT molecular complexity index is 467. The van der Waals surface area contributed by atoms with Crippen LogP contribution in [-0.2, 0) is 6.42 Å². The summed E-state index contributed by atoms with van der Waals surface area (Å²) < 4.78 is 1.72. The molecule has 15 heavy (non-hydrogen) atoms. The lowest BCUT2D eigenvalue weighted by Gasteiger charge is -1.96. The van der Waals surface area contributed by atoms with E-state index in [1.165, 1.54) is 0 Å². The Morgan fingerprint density at radius 3 is 2.80 bits per heavy atom. The molecule has 4 heteroatoms. The molecule has 0 amide bonds. The van der Waals surface area contributed by atoms with Crippen LogP contribution in [0.5, 0.6) is 0 Å². The lowest BCUT2D eigenvalue weighted by molar-refractivity contribution is 0.797. The van der Waals surface area contributed by atoms with E-state index in [-0.39, 0.29) is 0 Å². The smallest absolute Gasteiger partial charge is 0.220 e. The third-order valence-electron chi connectivity index (χ3n) is 2.04. The number of rotatable bonds is 3. The maximum Gasteiger partial charge on any atom is 0.220 e. The molecule has 0 atom stereocenters. The minimum atomic E-state index is 0.466. The highest BCUT2D eigenvalue weighted by molar-refractivity contribution is 5.29. The van der Waals surface area contributed by atoms with E-state index in [0.717, 1.165) is 11.4 Å². The highest BCUT2D eigenvalue weighted by atomic mass is 15.4. The van der Waals surface area contributed by atoms with Crippen LogP contribution in [0.4, 0.5) is 0 Å². The van der Waals surface area contributed by atoms with Gasteiger partial charge in [0.25, 0.3) is 0 Å². The van der Waals surface area contributed by atoms with E-state index in [4.69, 9.17) is 6.57 Å². The van der Waals surface area contributed by atoms with E-state index in [0.29, 0.717) is 13.0 Å². The molecule has 2 aromatic rings. The van der Waals surface area contributed by atoms with Crippen molar-refractivity contribution in [3.63, 3.8) is 0 Å². The zero-order valence-corrected chi connectivity index (χ0v) is 8.17. The van der Waals surface area contributed by atoms with E-state index in [1.54, 1.807) is 4.68 Å². The molecule has 2 rings (SSSR count). The molecule has 4 nitrogen and oxygen atoms in total. The fraction of sp³-hybridized carbons (Fsp3) is 0.182. The van der Waals surface area contributed by atoms with Gasteiger partial charge in [0.05, 0.1) is 24.0 Å². The first kappa shape index (κ1) is 9.41. The molecule has 0 saturated carbocycles. The van der Waals surface area contributed by atoms with Crippen molar-refractivity contribution < 1.29 is 0 Å². The lowest BCUT2D eigenvalue weighted by atomic mass is 10.3. The van der Waals surface area contributed by atoms with E-state index in [2.05, 4.69) is 15.2 Å². The Labute approximate surface area is 88.0 Å². The Balaban J connectivity index is 2.18. The van der Waals surface area contributed by atoms with Crippen molar-refractivity contribution in [3.05, 3.63) is 53.6 Å². The molecule has 0 N–H and O–H groups in total. The second-order valence-electron chi connectivity index (χ2n) is 3.12. The maximum absolute atomic E-state index is 6.69. The van der Waals surface area contributed by atoms with E-state index in [1.807, 2.05) is 36.5 Å². The summed E-state index contributed by atoms with van der Waals surface area (Å²) in [4.78, 5) is 3.29. The van der Waals surface area contributed by atoms with Crippen LogP contribution >= 0.6 is 0 Å². The molecule has 1 aromatic heterocycles. The van der Waals surface area contributed by atoms with Crippen LogP contribution in [0, 0.1) is 6.57 Å². The monoisotopic (exact) mass is 198 g/mol. The Hall–Kier alpha value is -2.15. The van der Waals surface area contributed by atoms with Gasteiger partial charge in [0.2, 0.25) is 6.54 Å². The lowest BCUT2D eigenvalue weighted by Crippen LogP contribution is -1.93. The van der Waals surface area contributed by atoms with Gasteiger partial charge in [-0.25, -0.2) is 11.3 Å². The van der Waals surface area contributed by atoms with Crippen LogP contribution < -0.4 is 0 Å². The van der Waals surface area contributed by atoms with Gasteiger partial charge < -0.3 is 4.85 Å². The first-order valence-corrected chi connectivity index (χ1v) is 4.70. The zero-order valence-electron chi connectivity index (χ0n) is 8.17. The van der Waals surface area contributed by atoms with Crippen molar-refractivity contribution in [3.8, 4) is 5.69 Å². The number of para-hydroxylation sites is 1. The van der Waals surface area contributed by atoms with Crippen LogP contribution in [-0.4, -0.2) is 21.5 Å². The fourth-order valence-corrected chi connectivity index (χ4v) is 1.29. The van der Waals surface area contributed by atoms with Crippen LogP contribution in [0.15, 0.2) is 36.5 Å². The van der Waals surface area contributed by atoms with Gasteiger partial charge in [-0.05, 0) is 12.1 Å². The largest absolute Gasteiger partial charge is 0.317 e. The minimum absolute atomic E-state index is 0.466. The molecule has 0 spiro atoms. The van der Waals surface area contributed by atoms with Crippen molar-refractivity contribution in [2.45, 2.75) is 6.42 Å². The average molecular weight is 198 g/mol. The predicted molar refractivity (Wildman–Crippen MR) is 56.5 cm³/mol. The van der Waals surface area contributed by atoms with Gasteiger partial charge in [0, 0.05) is 0 Å². The molecule has 0 radical (unpaired) electrons. The summed E-state index contributed by atoms with van der Waals surface area (Å²) in [6.07, 6.45) is 2.52.